The van der Waals surface area contributed by atoms with Gasteiger partial charge in [-0.15, -0.1) is 0 Å². The number of hydrogen-bond donors (Lipinski definition) is 4. The second-order valence-electron chi connectivity index (χ2n) is 36.4. The maximum absolute atomic E-state index is 10.1. The number of piperidine rings is 6. The molecule has 8 heteroatoms. The quantitative estimate of drug-likeness (QED) is 0.154. The third-order valence-corrected chi connectivity index (χ3v) is 21.0. The normalized spacial score (nSPS) is 27.7. The van der Waals surface area contributed by atoms with Gasteiger partial charge in [0.15, 0.2) is 0 Å². The Morgan fingerprint density at radius 3 is 0.537 bits per heavy atom. The van der Waals surface area contributed by atoms with Gasteiger partial charge < -0.3 is 21.0 Å². The van der Waals surface area contributed by atoms with E-state index < -0.39 is 0 Å². The minimum atomic E-state index is -0.0679. The molecule has 0 unspecified atom stereocenters. The number of nitrogens with zero attached hydrogens (tertiary/aromatic N) is 4. The third-order valence-electron chi connectivity index (χ3n) is 21.0. The molecule has 6 heterocycles. The van der Waals surface area contributed by atoms with Crippen LogP contribution in [0.5, 0.6) is 0 Å². The van der Waals surface area contributed by atoms with Crippen LogP contribution >= 0.6 is 0 Å². The molecule has 0 atom stereocenters. The van der Waals surface area contributed by atoms with E-state index in [4.69, 9.17) is 0 Å². The molecule has 0 bridgehead atoms. The lowest BCUT2D eigenvalue weighted by molar-refractivity contribution is -0.251. The molecule has 6 aliphatic rings. The van der Waals surface area contributed by atoms with Crippen molar-refractivity contribution >= 4 is 0 Å². The molecule has 6 fully saturated rings. The summed E-state index contributed by atoms with van der Waals surface area (Å²) in [7, 11) is 4.56. The van der Waals surface area contributed by atoms with Gasteiger partial charge in [-0.05, 0) is 293 Å². The Hall–Kier alpha value is -0.320. The van der Waals surface area contributed by atoms with Crippen molar-refractivity contribution in [2.45, 2.75) is 428 Å². The zero-order chi connectivity index (χ0) is 64.2. The molecule has 0 aliphatic carbocycles. The number of likely N-dealkylation sites (tertiary alicyclic amines) is 2. The number of hydroxylamine groups is 4. The van der Waals surface area contributed by atoms with Crippen LogP contribution in [-0.4, -0.2) is 111 Å². The number of hydrogen-bond acceptors (Lipinski definition) is 8. The lowest BCUT2D eigenvalue weighted by Gasteiger charge is -2.54. The molecule has 492 valence electrons. The Labute approximate surface area is 516 Å². The lowest BCUT2D eigenvalue weighted by Crippen LogP contribution is -2.58. The van der Waals surface area contributed by atoms with Crippen molar-refractivity contribution in [2.75, 3.05) is 14.1 Å². The van der Waals surface area contributed by atoms with Crippen molar-refractivity contribution < 1.29 is 10.4 Å². The molecule has 6 aliphatic heterocycles. The molecule has 0 spiro atoms. The standard InChI is InChI=1S/2C13H27N.2C12H25NO.2C12H25N/c2*1-7-8-11-9-12(2,3)14(6)13(4,5)10-11;2*1-6-7-10-8-11(2,3)13(14)12(4,5)9-10;2*1-6-7-10-8-11(2,3)13-12(4,5)9-10/h2*11H,7-10H2,1-6H3;2*10,14H,6-9H2,1-5H3;2*10,13H,6-9H2,1-5H3. The summed E-state index contributed by atoms with van der Waals surface area (Å²) in [6, 6.07) is 0. The highest BCUT2D eigenvalue weighted by Gasteiger charge is 2.47. The largest absolute Gasteiger partial charge is 0.313 e. The van der Waals surface area contributed by atoms with Gasteiger partial charge in [0.2, 0.25) is 0 Å². The highest BCUT2D eigenvalue weighted by atomic mass is 16.5. The maximum Gasteiger partial charge on any atom is 0.0413 e. The Kier molecular flexibility index (Phi) is 30.5. The van der Waals surface area contributed by atoms with E-state index in [9.17, 15) is 10.4 Å². The van der Waals surface area contributed by atoms with E-state index in [2.05, 4.69) is 242 Å². The molecular weight excluding hydrogens is 1000 g/mol. The Balaban J connectivity index is 0.000000492. The van der Waals surface area contributed by atoms with Gasteiger partial charge in [0.25, 0.3) is 0 Å². The zero-order valence-electron chi connectivity index (χ0n) is 62.1. The number of nitrogens with one attached hydrogen (secondary N) is 2. The molecular formula is C74H154N6O2. The Morgan fingerprint density at radius 2 is 0.390 bits per heavy atom. The van der Waals surface area contributed by atoms with Gasteiger partial charge >= 0.3 is 0 Å². The van der Waals surface area contributed by atoms with Crippen LogP contribution in [0.15, 0.2) is 0 Å². The smallest absolute Gasteiger partial charge is 0.0413 e. The van der Waals surface area contributed by atoms with Gasteiger partial charge in [0, 0.05) is 66.5 Å². The molecule has 82 heavy (non-hydrogen) atoms. The molecule has 0 aromatic rings. The lowest BCUT2D eigenvalue weighted by atomic mass is 9.73. The summed E-state index contributed by atoms with van der Waals surface area (Å²) in [4.78, 5) is 5.12. The molecule has 6 rings (SSSR count). The van der Waals surface area contributed by atoms with Crippen molar-refractivity contribution in [3.8, 4) is 0 Å². The SMILES string of the molecule is CCCC1CC(C)(C)N(C)C(C)(C)C1.CCCC1CC(C)(C)N(C)C(C)(C)C1.CCCC1CC(C)(C)N(O)C(C)(C)C1.CCCC1CC(C)(C)N(O)C(C)(C)C1.CCCC1CC(C)(C)NC(C)(C)C1.CCCC1CC(C)(C)NC(C)(C)C1. The van der Waals surface area contributed by atoms with Crippen LogP contribution in [0.1, 0.15) is 362 Å². The minimum Gasteiger partial charge on any atom is -0.313 e. The van der Waals surface area contributed by atoms with Crippen LogP contribution in [0.2, 0.25) is 0 Å². The molecule has 6 saturated heterocycles. The van der Waals surface area contributed by atoms with Crippen molar-refractivity contribution in [3.63, 3.8) is 0 Å². The predicted molar refractivity (Wildman–Crippen MR) is 364 cm³/mol. The van der Waals surface area contributed by atoms with E-state index in [1.165, 1.54) is 128 Å². The second kappa shape index (κ2) is 31.4. The van der Waals surface area contributed by atoms with Crippen molar-refractivity contribution in [1.82, 2.24) is 30.6 Å². The third kappa shape index (κ3) is 26.0. The van der Waals surface area contributed by atoms with Crippen LogP contribution in [-0.2, 0) is 0 Å². The van der Waals surface area contributed by atoms with Crippen LogP contribution in [0, 0.1) is 35.5 Å². The monoisotopic (exact) mass is 1160 g/mol. The van der Waals surface area contributed by atoms with E-state index in [1.807, 2.05) is 0 Å². The molecule has 4 N–H and O–H groups in total. The van der Waals surface area contributed by atoms with Crippen LogP contribution in [0.25, 0.3) is 0 Å². The van der Waals surface area contributed by atoms with E-state index in [-0.39, 0.29) is 22.2 Å². The fourth-order valence-electron chi connectivity index (χ4n) is 18.9. The minimum absolute atomic E-state index is 0.0679. The highest BCUT2D eigenvalue weighted by Crippen LogP contribution is 2.45. The fourth-order valence-corrected chi connectivity index (χ4v) is 18.9. The van der Waals surface area contributed by atoms with Gasteiger partial charge in [-0.3, -0.25) is 9.80 Å². The fraction of sp³-hybridized carbons (Fsp3) is 1.00. The second-order valence-corrected chi connectivity index (χ2v) is 36.4. The summed E-state index contributed by atoms with van der Waals surface area (Å²) in [5, 5.41) is 30.7. The number of rotatable bonds is 12. The summed E-state index contributed by atoms with van der Waals surface area (Å²) in [5.41, 5.74) is 2.57. The average Bonchev–Trinajstić information content (AvgIpc) is 3.25. The topological polar surface area (TPSA) is 77.5 Å². The molecule has 0 saturated carbocycles. The Morgan fingerprint density at radius 1 is 0.256 bits per heavy atom. The van der Waals surface area contributed by atoms with Crippen LogP contribution in [0.4, 0.5) is 0 Å². The first-order valence-electron chi connectivity index (χ1n) is 34.9. The first kappa shape index (κ1) is 79.7. The van der Waals surface area contributed by atoms with Gasteiger partial charge in [-0.25, -0.2) is 0 Å². The zero-order valence-corrected chi connectivity index (χ0v) is 62.1. The predicted octanol–water partition coefficient (Wildman–Crippen LogP) is 20.9. The van der Waals surface area contributed by atoms with Crippen LogP contribution < -0.4 is 10.6 Å². The van der Waals surface area contributed by atoms with Crippen molar-refractivity contribution in [2.24, 2.45) is 35.5 Å². The molecule has 0 amide bonds. The summed E-state index contributed by atoms with van der Waals surface area (Å²) in [6.45, 7) is 68.5. The highest BCUT2D eigenvalue weighted by molar-refractivity contribution is 5.02. The summed E-state index contributed by atoms with van der Waals surface area (Å²) < 4.78 is 0. The van der Waals surface area contributed by atoms with Gasteiger partial charge in [-0.1, -0.05) is 119 Å². The van der Waals surface area contributed by atoms with Gasteiger partial charge in [-0.2, -0.15) is 10.1 Å². The summed E-state index contributed by atoms with van der Waals surface area (Å²) in [6.07, 6.45) is 31.3. The maximum atomic E-state index is 10.1. The van der Waals surface area contributed by atoms with E-state index in [1.54, 1.807) is 10.1 Å². The van der Waals surface area contributed by atoms with Gasteiger partial charge in [0.1, 0.15) is 0 Å². The molecule has 8 nitrogen and oxygen atoms in total. The summed E-state index contributed by atoms with van der Waals surface area (Å²) in [5.74, 6) is 5.26. The Bertz CT molecular complexity index is 1470. The first-order chi connectivity index (χ1) is 36.9. The molecule has 0 aromatic carbocycles. The van der Waals surface area contributed by atoms with E-state index in [0.29, 0.717) is 44.3 Å². The average molecular weight is 1160 g/mol. The van der Waals surface area contributed by atoms with Crippen molar-refractivity contribution in [1.29, 1.82) is 0 Å². The summed E-state index contributed by atoms with van der Waals surface area (Å²) >= 11 is 0. The van der Waals surface area contributed by atoms with E-state index in [0.717, 1.165) is 61.2 Å². The molecule has 0 radical (unpaired) electrons. The van der Waals surface area contributed by atoms with Crippen LogP contribution in [0.3, 0.4) is 0 Å². The first-order valence-corrected chi connectivity index (χ1v) is 34.9. The van der Waals surface area contributed by atoms with Gasteiger partial charge in [0.05, 0.1) is 0 Å². The van der Waals surface area contributed by atoms with Crippen molar-refractivity contribution in [3.05, 3.63) is 0 Å². The molecule has 0 aromatic heterocycles. The van der Waals surface area contributed by atoms with E-state index >= 15 is 0 Å².